The second-order valence-corrected chi connectivity index (χ2v) is 6.07. The normalized spacial score (nSPS) is 10.2. The number of anilines is 1. The third-order valence-corrected chi connectivity index (χ3v) is 4.26. The molecule has 1 amide bonds. The van der Waals surface area contributed by atoms with Crippen LogP contribution in [0.2, 0.25) is 5.02 Å². The summed E-state index contributed by atoms with van der Waals surface area (Å²) in [5.74, 6) is 0.860. The van der Waals surface area contributed by atoms with E-state index in [9.17, 15) is 9.59 Å². The molecular formula is C17H16ClNO3S. The standard InChI is InChI=1S/C17H16ClNO3S/c1-22-13-7-8-15(14(18)9-13)19-17(21)11-23-10-16(20)12-5-3-2-4-6-12/h2-9H,10-11H2,1H3,(H,19,21). The number of ketones is 1. The molecule has 0 bridgehead atoms. The molecule has 2 rings (SSSR count). The van der Waals surface area contributed by atoms with E-state index in [-0.39, 0.29) is 23.2 Å². The second kappa shape index (κ2) is 8.60. The molecule has 0 atom stereocenters. The molecule has 0 spiro atoms. The highest BCUT2D eigenvalue weighted by Crippen LogP contribution is 2.26. The van der Waals surface area contributed by atoms with Crippen LogP contribution in [0, 0.1) is 0 Å². The first kappa shape index (κ1) is 17.4. The van der Waals surface area contributed by atoms with Crippen LogP contribution in [0.5, 0.6) is 5.75 Å². The lowest BCUT2D eigenvalue weighted by Crippen LogP contribution is -2.15. The number of nitrogens with one attached hydrogen (secondary N) is 1. The number of amides is 1. The monoisotopic (exact) mass is 349 g/mol. The predicted octanol–water partition coefficient (Wildman–Crippen LogP) is 3.90. The second-order valence-electron chi connectivity index (χ2n) is 4.68. The van der Waals surface area contributed by atoms with Gasteiger partial charge in [0.25, 0.3) is 0 Å². The van der Waals surface area contributed by atoms with Gasteiger partial charge >= 0.3 is 0 Å². The lowest BCUT2D eigenvalue weighted by Gasteiger charge is -2.08. The Morgan fingerprint density at radius 2 is 1.87 bits per heavy atom. The number of halogens is 1. The van der Waals surface area contributed by atoms with E-state index in [0.29, 0.717) is 22.0 Å². The number of rotatable bonds is 7. The van der Waals surface area contributed by atoms with Crippen LogP contribution >= 0.6 is 23.4 Å². The molecule has 4 nitrogen and oxygen atoms in total. The zero-order chi connectivity index (χ0) is 16.7. The van der Waals surface area contributed by atoms with E-state index >= 15 is 0 Å². The van der Waals surface area contributed by atoms with Crippen molar-refractivity contribution < 1.29 is 14.3 Å². The Balaban J connectivity index is 1.80. The van der Waals surface area contributed by atoms with Gasteiger partial charge in [-0.25, -0.2) is 0 Å². The van der Waals surface area contributed by atoms with Crippen LogP contribution in [0.3, 0.4) is 0 Å². The van der Waals surface area contributed by atoms with Crippen molar-refractivity contribution in [1.82, 2.24) is 0 Å². The SMILES string of the molecule is COc1ccc(NC(=O)CSCC(=O)c2ccccc2)c(Cl)c1. The number of hydrogen-bond acceptors (Lipinski definition) is 4. The summed E-state index contributed by atoms with van der Waals surface area (Å²) < 4.78 is 5.05. The minimum absolute atomic E-state index is 0.00544. The Labute approximate surface area is 144 Å². The van der Waals surface area contributed by atoms with Crippen LogP contribution in [0.25, 0.3) is 0 Å². The van der Waals surface area contributed by atoms with E-state index in [1.807, 2.05) is 18.2 Å². The Morgan fingerprint density at radius 3 is 2.52 bits per heavy atom. The van der Waals surface area contributed by atoms with Crippen LogP contribution < -0.4 is 10.1 Å². The summed E-state index contributed by atoms with van der Waals surface area (Å²) in [6.45, 7) is 0. The van der Waals surface area contributed by atoms with E-state index in [1.165, 1.54) is 11.8 Å². The zero-order valence-corrected chi connectivity index (χ0v) is 14.1. The summed E-state index contributed by atoms with van der Waals surface area (Å²) in [6.07, 6.45) is 0. The van der Waals surface area contributed by atoms with Crippen molar-refractivity contribution in [2.75, 3.05) is 23.9 Å². The minimum Gasteiger partial charge on any atom is -0.497 e. The summed E-state index contributed by atoms with van der Waals surface area (Å²) in [5, 5.41) is 3.12. The van der Waals surface area contributed by atoms with E-state index in [0.717, 1.165) is 0 Å². The number of carbonyl (C=O) groups is 2. The first-order chi connectivity index (χ1) is 11.1. The number of benzene rings is 2. The maximum atomic E-state index is 11.9. The smallest absolute Gasteiger partial charge is 0.234 e. The van der Waals surface area contributed by atoms with Crippen molar-refractivity contribution in [2.45, 2.75) is 0 Å². The van der Waals surface area contributed by atoms with Gasteiger partial charge in [0.05, 0.1) is 29.3 Å². The highest BCUT2D eigenvalue weighted by Gasteiger charge is 2.10. The molecule has 0 aromatic heterocycles. The van der Waals surface area contributed by atoms with Crippen molar-refractivity contribution in [3.05, 3.63) is 59.1 Å². The zero-order valence-electron chi connectivity index (χ0n) is 12.5. The number of thioether (sulfide) groups is 1. The van der Waals surface area contributed by atoms with E-state index in [4.69, 9.17) is 16.3 Å². The Morgan fingerprint density at radius 1 is 1.13 bits per heavy atom. The fraction of sp³-hybridized carbons (Fsp3) is 0.176. The average Bonchev–Trinajstić information content (AvgIpc) is 2.57. The number of carbonyl (C=O) groups excluding carboxylic acids is 2. The van der Waals surface area contributed by atoms with Gasteiger partial charge in [0, 0.05) is 11.6 Å². The molecule has 0 aliphatic rings. The van der Waals surface area contributed by atoms with Crippen molar-refractivity contribution in [3.63, 3.8) is 0 Å². The average molecular weight is 350 g/mol. The minimum atomic E-state index is -0.206. The van der Waals surface area contributed by atoms with Gasteiger partial charge in [-0.15, -0.1) is 11.8 Å². The summed E-state index contributed by atoms with van der Waals surface area (Å²) in [7, 11) is 1.55. The van der Waals surface area contributed by atoms with Gasteiger partial charge in [-0.1, -0.05) is 41.9 Å². The predicted molar refractivity (Wildman–Crippen MR) is 94.7 cm³/mol. The maximum absolute atomic E-state index is 11.9. The lowest BCUT2D eigenvalue weighted by atomic mass is 10.2. The third kappa shape index (κ3) is 5.30. The Bertz CT molecular complexity index is 691. The van der Waals surface area contributed by atoms with Gasteiger partial charge in [0.2, 0.25) is 5.91 Å². The van der Waals surface area contributed by atoms with Crippen LogP contribution in [-0.2, 0) is 4.79 Å². The fourth-order valence-corrected chi connectivity index (χ4v) is 2.78. The third-order valence-electron chi connectivity index (χ3n) is 3.01. The summed E-state index contributed by atoms with van der Waals surface area (Å²) in [4.78, 5) is 23.8. The number of Topliss-reactive ketones (excluding diaryl/α,β-unsaturated/α-hetero) is 1. The molecule has 0 heterocycles. The molecule has 0 aliphatic heterocycles. The molecular weight excluding hydrogens is 334 g/mol. The first-order valence-electron chi connectivity index (χ1n) is 6.89. The van der Waals surface area contributed by atoms with Crippen molar-refractivity contribution >= 4 is 40.7 Å². The molecule has 6 heteroatoms. The van der Waals surface area contributed by atoms with Crippen LogP contribution in [-0.4, -0.2) is 30.3 Å². The number of ether oxygens (including phenoxy) is 1. The van der Waals surface area contributed by atoms with Gasteiger partial charge in [-0.3, -0.25) is 9.59 Å². The molecule has 0 aliphatic carbocycles. The van der Waals surface area contributed by atoms with Crippen LogP contribution in [0.15, 0.2) is 48.5 Å². The highest BCUT2D eigenvalue weighted by molar-refractivity contribution is 8.00. The van der Waals surface area contributed by atoms with Gasteiger partial charge in [0.15, 0.2) is 5.78 Å². The van der Waals surface area contributed by atoms with Gasteiger partial charge in [-0.2, -0.15) is 0 Å². The van der Waals surface area contributed by atoms with E-state index < -0.39 is 0 Å². The van der Waals surface area contributed by atoms with Crippen molar-refractivity contribution in [3.8, 4) is 5.75 Å². The first-order valence-corrected chi connectivity index (χ1v) is 8.43. The highest BCUT2D eigenvalue weighted by atomic mass is 35.5. The molecule has 0 saturated carbocycles. The largest absolute Gasteiger partial charge is 0.497 e. The summed E-state index contributed by atoms with van der Waals surface area (Å²) in [5.41, 5.74) is 1.17. The van der Waals surface area contributed by atoms with Crippen molar-refractivity contribution in [1.29, 1.82) is 0 Å². The molecule has 1 N–H and O–H groups in total. The maximum Gasteiger partial charge on any atom is 0.234 e. The molecule has 0 fully saturated rings. The van der Waals surface area contributed by atoms with Gasteiger partial charge < -0.3 is 10.1 Å². The molecule has 120 valence electrons. The lowest BCUT2D eigenvalue weighted by molar-refractivity contribution is -0.113. The van der Waals surface area contributed by atoms with Crippen molar-refractivity contribution in [2.24, 2.45) is 0 Å². The Kier molecular flexibility index (Phi) is 6.50. The summed E-state index contributed by atoms with van der Waals surface area (Å²) in [6, 6.07) is 14.0. The van der Waals surface area contributed by atoms with Crippen LogP contribution in [0.1, 0.15) is 10.4 Å². The van der Waals surface area contributed by atoms with Gasteiger partial charge in [0.1, 0.15) is 5.75 Å². The number of methoxy groups -OCH3 is 1. The Hall–Kier alpha value is -1.98. The molecule has 0 unspecified atom stereocenters. The molecule has 0 saturated heterocycles. The molecule has 2 aromatic rings. The van der Waals surface area contributed by atoms with Crippen LogP contribution in [0.4, 0.5) is 5.69 Å². The molecule has 23 heavy (non-hydrogen) atoms. The quantitative estimate of drug-likeness (QED) is 0.770. The molecule has 0 radical (unpaired) electrons. The summed E-state index contributed by atoms with van der Waals surface area (Å²) >= 11 is 7.33. The van der Waals surface area contributed by atoms with E-state index in [1.54, 1.807) is 37.4 Å². The fourth-order valence-electron chi connectivity index (χ4n) is 1.85. The topological polar surface area (TPSA) is 55.4 Å². The molecule has 2 aromatic carbocycles. The van der Waals surface area contributed by atoms with E-state index in [2.05, 4.69) is 5.32 Å². The number of hydrogen-bond donors (Lipinski definition) is 1. The van der Waals surface area contributed by atoms with Gasteiger partial charge in [-0.05, 0) is 12.1 Å².